The van der Waals surface area contributed by atoms with Crippen molar-refractivity contribution in [2.75, 3.05) is 19.6 Å². The van der Waals surface area contributed by atoms with Crippen molar-refractivity contribution in [2.45, 2.75) is 26.0 Å². The molecule has 2 N–H and O–H groups in total. The Morgan fingerprint density at radius 3 is 2.36 bits per heavy atom. The van der Waals surface area contributed by atoms with Crippen molar-refractivity contribution < 1.29 is 0 Å². The van der Waals surface area contributed by atoms with Crippen molar-refractivity contribution in [3.63, 3.8) is 0 Å². The Morgan fingerprint density at radius 1 is 1.45 bits per heavy atom. The number of hydrogen-bond donors (Lipinski definition) is 1. The van der Waals surface area contributed by atoms with Crippen LogP contribution in [0, 0.1) is 5.41 Å². The average molecular weight is 174 g/mol. The van der Waals surface area contributed by atoms with Crippen LogP contribution in [0.25, 0.3) is 0 Å². The topological polar surface area (TPSA) is 29.3 Å². The van der Waals surface area contributed by atoms with Gasteiger partial charge in [-0.1, -0.05) is 32.7 Å². The van der Waals surface area contributed by atoms with Crippen molar-refractivity contribution >= 4 is 11.9 Å². The van der Waals surface area contributed by atoms with Gasteiger partial charge in [-0.2, -0.15) is 0 Å². The van der Waals surface area contributed by atoms with Crippen LogP contribution >= 0.6 is 11.9 Å². The van der Waals surface area contributed by atoms with E-state index in [1.807, 2.05) is 0 Å². The van der Waals surface area contributed by atoms with Gasteiger partial charge in [-0.3, -0.25) is 5.14 Å². The normalized spacial score (nSPS) is 21.8. The molecule has 0 saturated carbocycles. The molecule has 0 aromatic carbocycles. The van der Waals surface area contributed by atoms with Crippen LogP contribution in [-0.4, -0.2) is 29.8 Å². The lowest BCUT2D eigenvalue weighted by atomic mass is 9.94. The Bertz CT molecular complexity index is 125. The minimum absolute atomic E-state index is 0.435. The molecule has 2 nitrogen and oxygen atoms in total. The first-order valence-corrected chi connectivity index (χ1v) is 5.03. The van der Waals surface area contributed by atoms with E-state index in [1.165, 1.54) is 31.6 Å². The summed E-state index contributed by atoms with van der Waals surface area (Å²) in [6, 6.07) is 0. The molecular weight excluding hydrogens is 156 g/mol. The molecule has 0 aliphatic carbocycles. The third-order valence-corrected chi connectivity index (χ3v) is 2.50. The van der Waals surface area contributed by atoms with Gasteiger partial charge in [-0.15, -0.1) is 0 Å². The quantitative estimate of drug-likeness (QED) is 0.640. The Hall–Kier alpha value is 0.270. The summed E-state index contributed by atoms with van der Waals surface area (Å²) in [5.74, 6) is 0. The van der Waals surface area contributed by atoms with Crippen LogP contribution in [0.5, 0.6) is 0 Å². The van der Waals surface area contributed by atoms with Gasteiger partial charge in [0.15, 0.2) is 0 Å². The summed E-state index contributed by atoms with van der Waals surface area (Å²) in [5.41, 5.74) is 0.435. The monoisotopic (exact) mass is 174 g/mol. The largest absolute Gasteiger partial charge is 0.300 e. The standard InChI is InChI=1S/C8H18N2S/c1-8(2,3)6-10-4-7(5-10)11-9/h7H,4-6,9H2,1-3H3. The van der Waals surface area contributed by atoms with Gasteiger partial charge in [-0.05, 0) is 5.41 Å². The fourth-order valence-electron chi connectivity index (χ4n) is 1.41. The summed E-state index contributed by atoms with van der Waals surface area (Å²) in [4.78, 5) is 2.46. The van der Waals surface area contributed by atoms with E-state index in [4.69, 9.17) is 5.14 Å². The molecule has 3 heteroatoms. The lowest BCUT2D eigenvalue weighted by Crippen LogP contribution is -2.52. The zero-order valence-corrected chi connectivity index (χ0v) is 8.45. The van der Waals surface area contributed by atoms with Crippen LogP contribution in [0.4, 0.5) is 0 Å². The smallest absolute Gasteiger partial charge is 0.0445 e. The Balaban J connectivity index is 2.14. The van der Waals surface area contributed by atoms with Crippen LogP contribution in [0.15, 0.2) is 0 Å². The summed E-state index contributed by atoms with van der Waals surface area (Å²) in [6.07, 6.45) is 0. The maximum absolute atomic E-state index is 5.45. The molecule has 1 fully saturated rings. The lowest BCUT2D eigenvalue weighted by molar-refractivity contribution is 0.132. The zero-order chi connectivity index (χ0) is 8.48. The highest BCUT2D eigenvalue weighted by Crippen LogP contribution is 2.23. The summed E-state index contributed by atoms with van der Waals surface area (Å²) in [6.45, 7) is 10.4. The molecular formula is C8H18N2S. The first-order valence-electron chi connectivity index (χ1n) is 4.09. The van der Waals surface area contributed by atoms with E-state index >= 15 is 0 Å². The molecule has 0 bridgehead atoms. The molecule has 0 atom stereocenters. The van der Waals surface area contributed by atoms with E-state index in [1.54, 1.807) is 0 Å². The second-order valence-corrected chi connectivity index (χ2v) is 5.45. The number of hydrogen-bond acceptors (Lipinski definition) is 3. The predicted octanol–water partition coefficient (Wildman–Crippen LogP) is 1.32. The third kappa shape index (κ3) is 3.01. The van der Waals surface area contributed by atoms with E-state index in [9.17, 15) is 0 Å². The first kappa shape index (κ1) is 9.36. The number of nitrogens with zero attached hydrogens (tertiary/aromatic N) is 1. The van der Waals surface area contributed by atoms with Gasteiger partial charge < -0.3 is 4.90 Å². The molecule has 0 radical (unpaired) electrons. The third-order valence-electron chi connectivity index (χ3n) is 1.81. The van der Waals surface area contributed by atoms with Crippen molar-refractivity contribution in [3.8, 4) is 0 Å². The zero-order valence-electron chi connectivity index (χ0n) is 7.63. The van der Waals surface area contributed by atoms with E-state index in [2.05, 4.69) is 25.7 Å². The summed E-state index contributed by atoms with van der Waals surface area (Å²) in [5, 5.41) is 6.14. The van der Waals surface area contributed by atoms with E-state index in [-0.39, 0.29) is 0 Å². The van der Waals surface area contributed by atoms with Gasteiger partial charge in [0.25, 0.3) is 0 Å². The fourth-order valence-corrected chi connectivity index (χ4v) is 2.00. The summed E-state index contributed by atoms with van der Waals surface area (Å²) >= 11 is 1.50. The predicted molar refractivity (Wildman–Crippen MR) is 51.5 cm³/mol. The van der Waals surface area contributed by atoms with Gasteiger partial charge in [-0.25, -0.2) is 0 Å². The fraction of sp³-hybridized carbons (Fsp3) is 1.00. The second-order valence-electron chi connectivity index (χ2n) is 4.51. The van der Waals surface area contributed by atoms with Crippen LogP contribution in [-0.2, 0) is 0 Å². The van der Waals surface area contributed by atoms with Crippen molar-refractivity contribution in [2.24, 2.45) is 10.6 Å². The molecule has 1 saturated heterocycles. The molecule has 1 aliphatic heterocycles. The minimum atomic E-state index is 0.435. The van der Waals surface area contributed by atoms with Gasteiger partial charge in [0.1, 0.15) is 0 Å². The van der Waals surface area contributed by atoms with Crippen molar-refractivity contribution in [1.82, 2.24) is 4.90 Å². The first-order chi connectivity index (χ1) is 5.01. The van der Waals surface area contributed by atoms with Crippen LogP contribution in [0.3, 0.4) is 0 Å². The van der Waals surface area contributed by atoms with Crippen molar-refractivity contribution in [1.29, 1.82) is 0 Å². The molecule has 0 aromatic rings. The highest BCUT2D eigenvalue weighted by atomic mass is 32.2. The van der Waals surface area contributed by atoms with E-state index < -0.39 is 0 Å². The number of likely N-dealkylation sites (tertiary alicyclic amines) is 1. The summed E-state index contributed by atoms with van der Waals surface area (Å²) in [7, 11) is 0. The highest BCUT2D eigenvalue weighted by molar-refractivity contribution is 7.97. The molecule has 1 heterocycles. The minimum Gasteiger partial charge on any atom is -0.300 e. The van der Waals surface area contributed by atoms with Crippen LogP contribution in [0.2, 0.25) is 0 Å². The average Bonchev–Trinajstić information content (AvgIpc) is 1.75. The molecule has 0 aromatic heterocycles. The SMILES string of the molecule is CC(C)(C)CN1CC(SN)C1. The Kier molecular flexibility index (Phi) is 2.84. The maximum Gasteiger partial charge on any atom is 0.0445 e. The van der Waals surface area contributed by atoms with E-state index in [0.717, 1.165) is 0 Å². The number of nitrogens with two attached hydrogens (primary N) is 1. The van der Waals surface area contributed by atoms with Crippen LogP contribution in [0.1, 0.15) is 20.8 Å². The molecule has 11 heavy (non-hydrogen) atoms. The Morgan fingerprint density at radius 2 is 2.00 bits per heavy atom. The van der Waals surface area contributed by atoms with E-state index in [0.29, 0.717) is 10.7 Å². The van der Waals surface area contributed by atoms with Crippen molar-refractivity contribution in [3.05, 3.63) is 0 Å². The van der Waals surface area contributed by atoms with Gasteiger partial charge in [0.05, 0.1) is 0 Å². The van der Waals surface area contributed by atoms with Gasteiger partial charge in [0.2, 0.25) is 0 Å². The molecule has 0 amide bonds. The summed E-state index contributed by atoms with van der Waals surface area (Å²) < 4.78 is 0. The Labute approximate surface area is 73.6 Å². The lowest BCUT2D eigenvalue weighted by Gasteiger charge is -2.41. The highest BCUT2D eigenvalue weighted by Gasteiger charge is 2.28. The molecule has 0 unspecified atom stereocenters. The molecule has 1 rings (SSSR count). The van der Waals surface area contributed by atoms with Crippen LogP contribution < -0.4 is 5.14 Å². The maximum atomic E-state index is 5.45. The molecule has 1 aliphatic rings. The molecule has 66 valence electrons. The second kappa shape index (κ2) is 3.33. The van der Waals surface area contributed by atoms with Gasteiger partial charge >= 0.3 is 0 Å². The van der Waals surface area contributed by atoms with Gasteiger partial charge in [0, 0.05) is 24.9 Å². The molecule has 0 spiro atoms. The number of rotatable bonds is 2.